The third-order valence-electron chi connectivity index (χ3n) is 4.46. The summed E-state index contributed by atoms with van der Waals surface area (Å²) in [5.74, 6) is 1.68. The second kappa shape index (κ2) is 7.80. The smallest absolute Gasteiger partial charge is 0.188 e. The summed E-state index contributed by atoms with van der Waals surface area (Å²) in [7, 11) is 1.67. The predicted molar refractivity (Wildman–Crippen MR) is 112 cm³/mol. The fourth-order valence-electron chi connectivity index (χ4n) is 3.08. The molecule has 0 N–H and O–H groups in total. The lowest BCUT2D eigenvalue weighted by atomic mass is 10.1. The van der Waals surface area contributed by atoms with E-state index in [1.54, 1.807) is 18.9 Å². The molecule has 3 aromatic carbocycles. The van der Waals surface area contributed by atoms with Crippen molar-refractivity contribution in [1.82, 2.24) is 9.97 Å². The maximum absolute atomic E-state index is 5.24. The van der Waals surface area contributed by atoms with Gasteiger partial charge in [0.25, 0.3) is 0 Å². The minimum absolute atomic E-state index is 0.800. The molecule has 0 aliphatic heterocycles. The molecule has 4 rings (SSSR count). The van der Waals surface area contributed by atoms with E-state index in [9.17, 15) is 0 Å². The molecule has 0 spiro atoms. The third kappa shape index (κ3) is 3.96. The zero-order valence-electron chi connectivity index (χ0n) is 15.3. The normalized spacial score (nSPS) is 10.9. The standard InChI is InChI=1S/C23H20N2OS/c1-16-14-22(18-10-12-20(26-2)13-11-18)25-23(24-16)27-15-19-8-5-7-17-6-3-4-9-21(17)19/h3-14H,15H2,1-2H3. The van der Waals surface area contributed by atoms with Gasteiger partial charge in [-0.15, -0.1) is 0 Å². The maximum Gasteiger partial charge on any atom is 0.188 e. The van der Waals surface area contributed by atoms with Crippen molar-refractivity contribution in [3.63, 3.8) is 0 Å². The summed E-state index contributed by atoms with van der Waals surface area (Å²) in [6.07, 6.45) is 0. The molecule has 134 valence electrons. The Labute approximate surface area is 163 Å². The Morgan fingerprint density at radius 1 is 0.889 bits per heavy atom. The van der Waals surface area contributed by atoms with Gasteiger partial charge in [-0.1, -0.05) is 54.2 Å². The zero-order chi connectivity index (χ0) is 18.6. The molecule has 0 bridgehead atoms. The number of ether oxygens (including phenoxy) is 1. The van der Waals surface area contributed by atoms with Gasteiger partial charge < -0.3 is 4.74 Å². The highest BCUT2D eigenvalue weighted by Gasteiger charge is 2.08. The van der Waals surface area contributed by atoms with E-state index in [4.69, 9.17) is 9.72 Å². The van der Waals surface area contributed by atoms with Crippen molar-refractivity contribution in [3.8, 4) is 17.0 Å². The average Bonchev–Trinajstić information content (AvgIpc) is 2.72. The zero-order valence-corrected chi connectivity index (χ0v) is 16.2. The molecule has 1 aromatic heterocycles. The molecular formula is C23H20N2OS. The van der Waals surface area contributed by atoms with E-state index in [2.05, 4.69) is 47.4 Å². The molecule has 0 unspecified atom stereocenters. The van der Waals surface area contributed by atoms with Gasteiger partial charge in [0.2, 0.25) is 0 Å². The molecule has 3 nitrogen and oxygen atoms in total. The molecule has 1 heterocycles. The van der Waals surface area contributed by atoms with E-state index >= 15 is 0 Å². The highest BCUT2D eigenvalue weighted by Crippen LogP contribution is 2.28. The number of fused-ring (bicyclic) bond motifs is 1. The monoisotopic (exact) mass is 372 g/mol. The summed E-state index contributed by atoms with van der Waals surface area (Å²) in [4.78, 5) is 9.38. The van der Waals surface area contributed by atoms with Crippen molar-refractivity contribution in [2.45, 2.75) is 17.8 Å². The van der Waals surface area contributed by atoms with Crippen LogP contribution >= 0.6 is 11.8 Å². The van der Waals surface area contributed by atoms with Gasteiger partial charge in [-0.05, 0) is 53.6 Å². The molecule has 0 atom stereocenters. The predicted octanol–water partition coefficient (Wildman–Crippen LogP) is 5.91. The van der Waals surface area contributed by atoms with Crippen LogP contribution in [0.2, 0.25) is 0 Å². The number of methoxy groups -OCH3 is 1. The molecule has 0 amide bonds. The first-order chi connectivity index (χ1) is 13.2. The Kier molecular flexibility index (Phi) is 5.07. The average molecular weight is 372 g/mol. The molecule has 27 heavy (non-hydrogen) atoms. The SMILES string of the molecule is COc1ccc(-c2cc(C)nc(SCc3cccc4ccccc34)n2)cc1. The van der Waals surface area contributed by atoms with Crippen LogP contribution in [0.1, 0.15) is 11.3 Å². The third-order valence-corrected chi connectivity index (χ3v) is 5.35. The lowest BCUT2D eigenvalue weighted by Gasteiger charge is -2.08. The van der Waals surface area contributed by atoms with Crippen molar-refractivity contribution in [1.29, 1.82) is 0 Å². The summed E-state index contributed by atoms with van der Waals surface area (Å²) >= 11 is 1.67. The van der Waals surface area contributed by atoms with Gasteiger partial charge in [0.1, 0.15) is 5.75 Å². The summed E-state index contributed by atoms with van der Waals surface area (Å²) in [6, 6.07) is 24.9. The van der Waals surface area contributed by atoms with Crippen molar-refractivity contribution < 1.29 is 4.74 Å². The van der Waals surface area contributed by atoms with Gasteiger partial charge in [-0.2, -0.15) is 0 Å². The fourth-order valence-corrected chi connectivity index (χ4v) is 3.98. The van der Waals surface area contributed by atoms with Crippen LogP contribution in [0.5, 0.6) is 5.75 Å². The van der Waals surface area contributed by atoms with Crippen molar-refractivity contribution in [2.75, 3.05) is 7.11 Å². The van der Waals surface area contributed by atoms with Crippen LogP contribution in [0, 0.1) is 6.92 Å². The number of hydrogen-bond acceptors (Lipinski definition) is 4. The van der Waals surface area contributed by atoms with E-state index in [0.717, 1.165) is 33.6 Å². The Hall–Kier alpha value is -2.85. The molecule has 0 fully saturated rings. The van der Waals surface area contributed by atoms with Crippen molar-refractivity contribution in [3.05, 3.63) is 84.1 Å². The van der Waals surface area contributed by atoms with Gasteiger partial charge in [-0.3, -0.25) is 0 Å². The molecule has 0 radical (unpaired) electrons. The second-order valence-corrected chi connectivity index (χ2v) is 7.28. The van der Waals surface area contributed by atoms with E-state index < -0.39 is 0 Å². The Balaban J connectivity index is 1.59. The van der Waals surface area contributed by atoms with E-state index in [1.807, 2.05) is 37.3 Å². The second-order valence-electron chi connectivity index (χ2n) is 6.33. The highest BCUT2D eigenvalue weighted by atomic mass is 32.2. The highest BCUT2D eigenvalue weighted by molar-refractivity contribution is 7.98. The summed E-state index contributed by atoms with van der Waals surface area (Å²) in [5.41, 5.74) is 4.27. The molecule has 0 aliphatic carbocycles. The lowest BCUT2D eigenvalue weighted by Crippen LogP contribution is -1.94. The summed E-state index contributed by atoms with van der Waals surface area (Å²) in [5, 5.41) is 3.35. The lowest BCUT2D eigenvalue weighted by molar-refractivity contribution is 0.415. The van der Waals surface area contributed by atoms with Crippen LogP contribution < -0.4 is 4.74 Å². The van der Waals surface area contributed by atoms with Crippen LogP contribution in [0.4, 0.5) is 0 Å². The first-order valence-electron chi connectivity index (χ1n) is 8.82. The molecular weight excluding hydrogens is 352 g/mol. The minimum atomic E-state index is 0.800. The quantitative estimate of drug-likeness (QED) is 0.322. The Morgan fingerprint density at radius 2 is 1.67 bits per heavy atom. The summed E-state index contributed by atoms with van der Waals surface area (Å²) in [6.45, 7) is 2.01. The molecule has 0 saturated carbocycles. The number of hydrogen-bond donors (Lipinski definition) is 0. The number of aromatic nitrogens is 2. The number of nitrogens with zero attached hydrogens (tertiary/aromatic N) is 2. The number of benzene rings is 3. The van der Waals surface area contributed by atoms with Crippen LogP contribution in [-0.2, 0) is 5.75 Å². The molecule has 0 aliphatic rings. The molecule has 0 saturated heterocycles. The Morgan fingerprint density at radius 3 is 2.48 bits per heavy atom. The summed E-state index contributed by atoms with van der Waals surface area (Å²) < 4.78 is 5.24. The van der Waals surface area contributed by atoms with Gasteiger partial charge in [0, 0.05) is 17.0 Å². The number of thioether (sulfide) groups is 1. The first kappa shape index (κ1) is 17.6. The van der Waals surface area contributed by atoms with Gasteiger partial charge in [-0.25, -0.2) is 9.97 Å². The van der Waals surface area contributed by atoms with Gasteiger partial charge in [0.05, 0.1) is 12.8 Å². The largest absolute Gasteiger partial charge is 0.497 e. The molecule has 4 heteroatoms. The van der Waals surface area contributed by atoms with Crippen LogP contribution in [0.25, 0.3) is 22.0 Å². The molecule has 4 aromatic rings. The minimum Gasteiger partial charge on any atom is -0.497 e. The van der Waals surface area contributed by atoms with E-state index in [-0.39, 0.29) is 0 Å². The van der Waals surface area contributed by atoms with Crippen LogP contribution in [0.3, 0.4) is 0 Å². The van der Waals surface area contributed by atoms with Gasteiger partial charge >= 0.3 is 0 Å². The van der Waals surface area contributed by atoms with Crippen LogP contribution in [-0.4, -0.2) is 17.1 Å². The first-order valence-corrected chi connectivity index (χ1v) is 9.81. The van der Waals surface area contributed by atoms with Gasteiger partial charge in [0.15, 0.2) is 5.16 Å². The van der Waals surface area contributed by atoms with E-state index in [0.29, 0.717) is 0 Å². The number of rotatable bonds is 5. The van der Waals surface area contributed by atoms with Crippen molar-refractivity contribution in [2.24, 2.45) is 0 Å². The van der Waals surface area contributed by atoms with Crippen molar-refractivity contribution >= 4 is 22.5 Å². The number of aryl methyl sites for hydroxylation is 1. The van der Waals surface area contributed by atoms with Crippen LogP contribution in [0.15, 0.2) is 78.0 Å². The topological polar surface area (TPSA) is 35.0 Å². The van der Waals surface area contributed by atoms with E-state index in [1.165, 1.54) is 16.3 Å². The fraction of sp³-hybridized carbons (Fsp3) is 0.130. The maximum atomic E-state index is 5.24. The Bertz CT molecular complexity index is 1070.